The number of amides is 1. The van der Waals surface area contributed by atoms with Crippen molar-refractivity contribution in [3.63, 3.8) is 0 Å². The van der Waals surface area contributed by atoms with Crippen molar-refractivity contribution < 1.29 is 23.9 Å². The minimum absolute atomic E-state index is 0.0295. The molecule has 0 saturated carbocycles. The van der Waals surface area contributed by atoms with E-state index in [1.807, 2.05) is 6.92 Å². The number of carboxylic acids is 1. The molecule has 0 aromatic carbocycles. The van der Waals surface area contributed by atoms with Crippen LogP contribution in [0.25, 0.3) is 0 Å². The highest BCUT2D eigenvalue weighted by Gasteiger charge is 2.50. The summed E-state index contributed by atoms with van der Waals surface area (Å²) < 4.78 is 6.27. The van der Waals surface area contributed by atoms with Crippen LogP contribution in [0.1, 0.15) is 41.0 Å². The fourth-order valence-corrected chi connectivity index (χ4v) is 4.01. The second kappa shape index (κ2) is 6.73. The first kappa shape index (κ1) is 19.8. The fraction of sp³-hybridized carbons (Fsp3) is 0.812. The normalized spacial score (nSPS) is 24.4. The maximum absolute atomic E-state index is 12.0. The van der Waals surface area contributed by atoms with Crippen molar-refractivity contribution in [2.45, 2.75) is 71.3 Å². The van der Waals surface area contributed by atoms with Crippen molar-refractivity contribution in [1.29, 1.82) is 0 Å². The van der Waals surface area contributed by atoms with Gasteiger partial charge in [0.05, 0.1) is 18.1 Å². The Morgan fingerprint density at radius 3 is 2.22 bits per heavy atom. The summed E-state index contributed by atoms with van der Waals surface area (Å²) in [7, 11) is -2.02. The maximum Gasteiger partial charge on any atom is 0.310 e. The number of hydrogen-bond acceptors (Lipinski definition) is 4. The Morgan fingerprint density at radius 1 is 1.30 bits per heavy atom. The first-order chi connectivity index (χ1) is 10.3. The number of carboxylic acid groups (broad SMARTS) is 1. The number of ketones is 1. The lowest BCUT2D eigenvalue weighted by Crippen LogP contribution is -2.66. The van der Waals surface area contributed by atoms with E-state index in [0.717, 1.165) is 0 Å². The molecular weight excluding hydrogens is 314 g/mol. The van der Waals surface area contributed by atoms with Crippen molar-refractivity contribution in [3.8, 4) is 0 Å². The van der Waals surface area contributed by atoms with Crippen molar-refractivity contribution in [2.24, 2.45) is 11.8 Å². The summed E-state index contributed by atoms with van der Waals surface area (Å²) in [5, 5.41) is 11.5. The van der Waals surface area contributed by atoms with Crippen LogP contribution in [-0.4, -0.2) is 43.2 Å². The average molecular weight is 343 g/mol. The van der Waals surface area contributed by atoms with Crippen LogP contribution in [0.4, 0.5) is 0 Å². The standard InChI is InChI=1S/C16H29NO5Si/c1-9(11(18)8-12(19)20)14-13(15(21)17-14)10(2)22-23(6,7)16(3,4)5/h9-10,13-14H,8H2,1-7H3,(H,17,21)(H,19,20)/t9-,10+,13+,14+/m0/s1. The van der Waals surface area contributed by atoms with Gasteiger partial charge in [-0.2, -0.15) is 0 Å². The maximum atomic E-state index is 12.0. The third kappa shape index (κ3) is 4.41. The number of carbonyl (C=O) groups excluding carboxylic acids is 2. The molecule has 0 aromatic heterocycles. The molecule has 0 radical (unpaired) electrons. The Labute approximate surface area is 139 Å². The highest BCUT2D eigenvalue weighted by molar-refractivity contribution is 6.74. The molecule has 1 aliphatic heterocycles. The van der Waals surface area contributed by atoms with Crippen LogP contribution in [0, 0.1) is 11.8 Å². The monoisotopic (exact) mass is 343 g/mol. The smallest absolute Gasteiger partial charge is 0.310 e. The van der Waals surface area contributed by atoms with E-state index in [9.17, 15) is 14.4 Å². The summed E-state index contributed by atoms with van der Waals surface area (Å²) in [5.41, 5.74) is 0. The number of nitrogens with one attached hydrogen (secondary N) is 1. The lowest BCUT2D eigenvalue weighted by molar-refractivity contribution is -0.146. The molecule has 1 saturated heterocycles. The van der Waals surface area contributed by atoms with Crippen molar-refractivity contribution in [1.82, 2.24) is 5.32 Å². The van der Waals surface area contributed by atoms with Crippen LogP contribution < -0.4 is 5.32 Å². The van der Waals surface area contributed by atoms with E-state index in [-0.39, 0.29) is 28.9 Å². The molecule has 1 rings (SSSR count). The molecule has 0 spiro atoms. The van der Waals surface area contributed by atoms with Crippen molar-refractivity contribution >= 4 is 26.0 Å². The van der Waals surface area contributed by atoms with Crippen LogP contribution in [0.2, 0.25) is 18.1 Å². The number of Topliss-reactive ketones (excluding diaryl/α,β-unsaturated/α-hetero) is 1. The molecule has 1 heterocycles. The number of hydrogen-bond donors (Lipinski definition) is 2. The van der Waals surface area contributed by atoms with Gasteiger partial charge in [-0.15, -0.1) is 0 Å². The second-order valence-corrected chi connectivity index (χ2v) is 12.7. The molecular formula is C16H29NO5Si. The zero-order valence-corrected chi connectivity index (χ0v) is 16.1. The first-order valence-electron chi connectivity index (χ1n) is 8.00. The second-order valence-electron chi connectivity index (χ2n) is 7.97. The van der Waals surface area contributed by atoms with E-state index in [2.05, 4.69) is 39.2 Å². The molecule has 4 atom stereocenters. The largest absolute Gasteiger partial charge is 0.481 e. The van der Waals surface area contributed by atoms with Gasteiger partial charge < -0.3 is 14.8 Å². The lowest BCUT2D eigenvalue weighted by Gasteiger charge is -2.46. The summed E-state index contributed by atoms with van der Waals surface area (Å²) in [6.07, 6.45) is -0.813. The van der Waals surface area contributed by atoms with E-state index in [1.54, 1.807) is 6.92 Å². The number of rotatable bonds is 7. The third-order valence-corrected chi connectivity index (χ3v) is 9.74. The Balaban J connectivity index is 2.79. The van der Waals surface area contributed by atoms with Gasteiger partial charge in [0, 0.05) is 5.92 Å². The van der Waals surface area contributed by atoms with E-state index in [0.29, 0.717) is 0 Å². The molecule has 132 valence electrons. The van der Waals surface area contributed by atoms with Crippen LogP contribution in [0.5, 0.6) is 0 Å². The zero-order valence-electron chi connectivity index (χ0n) is 15.1. The van der Waals surface area contributed by atoms with Gasteiger partial charge in [-0.3, -0.25) is 14.4 Å². The van der Waals surface area contributed by atoms with E-state index in [4.69, 9.17) is 9.53 Å². The van der Waals surface area contributed by atoms with Gasteiger partial charge in [0.15, 0.2) is 8.32 Å². The molecule has 1 amide bonds. The molecule has 0 bridgehead atoms. The van der Waals surface area contributed by atoms with Gasteiger partial charge in [0.2, 0.25) is 5.91 Å². The summed E-state index contributed by atoms with van der Waals surface area (Å²) in [4.78, 5) is 34.6. The van der Waals surface area contributed by atoms with Gasteiger partial charge in [-0.25, -0.2) is 0 Å². The van der Waals surface area contributed by atoms with Crippen molar-refractivity contribution in [3.05, 3.63) is 0 Å². The predicted molar refractivity (Wildman–Crippen MR) is 89.6 cm³/mol. The highest BCUT2D eigenvalue weighted by Crippen LogP contribution is 2.39. The van der Waals surface area contributed by atoms with E-state index >= 15 is 0 Å². The summed E-state index contributed by atoms with van der Waals surface area (Å²) in [6.45, 7) is 14.2. The van der Waals surface area contributed by atoms with Gasteiger partial charge >= 0.3 is 5.97 Å². The Kier molecular flexibility index (Phi) is 5.80. The molecule has 0 aliphatic carbocycles. The van der Waals surface area contributed by atoms with Crippen LogP contribution >= 0.6 is 0 Å². The van der Waals surface area contributed by atoms with Gasteiger partial charge in [0.1, 0.15) is 12.2 Å². The van der Waals surface area contributed by atoms with Gasteiger partial charge in [-0.1, -0.05) is 27.7 Å². The van der Waals surface area contributed by atoms with Gasteiger partial charge in [0.25, 0.3) is 0 Å². The summed E-state index contributed by atoms with van der Waals surface area (Å²) in [6, 6.07) is -0.353. The quantitative estimate of drug-likeness (QED) is 0.420. The molecule has 23 heavy (non-hydrogen) atoms. The highest BCUT2D eigenvalue weighted by atomic mass is 28.4. The third-order valence-electron chi connectivity index (χ3n) is 5.16. The topological polar surface area (TPSA) is 92.7 Å². The minimum atomic E-state index is -2.02. The van der Waals surface area contributed by atoms with Crippen LogP contribution in [-0.2, 0) is 18.8 Å². The van der Waals surface area contributed by atoms with Crippen molar-refractivity contribution in [2.75, 3.05) is 0 Å². The molecule has 6 nitrogen and oxygen atoms in total. The summed E-state index contributed by atoms with van der Waals surface area (Å²) in [5.74, 6) is -2.58. The van der Waals surface area contributed by atoms with Crippen LogP contribution in [0.3, 0.4) is 0 Å². The number of β-lactam (4-membered cyclic amide) rings is 1. The van der Waals surface area contributed by atoms with Gasteiger partial charge in [-0.05, 0) is 25.1 Å². The Morgan fingerprint density at radius 2 is 1.83 bits per heavy atom. The zero-order chi connectivity index (χ0) is 18.2. The molecule has 0 unspecified atom stereocenters. The number of aliphatic carboxylic acids is 1. The summed E-state index contributed by atoms with van der Waals surface area (Å²) >= 11 is 0. The molecule has 7 heteroatoms. The predicted octanol–water partition coefficient (Wildman–Crippen LogP) is 2.19. The van der Waals surface area contributed by atoms with E-state index < -0.39 is 32.5 Å². The van der Waals surface area contributed by atoms with Crippen LogP contribution in [0.15, 0.2) is 0 Å². The van der Waals surface area contributed by atoms with E-state index in [1.165, 1.54) is 0 Å². The molecule has 2 N–H and O–H groups in total. The first-order valence-corrected chi connectivity index (χ1v) is 10.9. The minimum Gasteiger partial charge on any atom is -0.481 e. The fourth-order valence-electron chi connectivity index (χ4n) is 2.58. The average Bonchev–Trinajstić information content (AvgIpc) is 2.31. The lowest BCUT2D eigenvalue weighted by atomic mass is 9.77. The molecule has 1 fully saturated rings. The molecule has 0 aromatic rings. The number of carbonyl (C=O) groups is 3. The Hall–Kier alpha value is -1.21. The molecule has 1 aliphatic rings. The SMILES string of the molecule is C[C@@H](O[Si](C)(C)C(C)(C)C)[C@H]1C(=O)N[C@@H]1[C@@H](C)C(=O)CC(=O)O. The Bertz CT molecular complexity index is 497.